The smallest absolute Gasteiger partial charge is 0.150 e. The van der Waals surface area contributed by atoms with Crippen LogP contribution in [0.4, 0.5) is 0 Å². The molecule has 74 valence electrons. The summed E-state index contributed by atoms with van der Waals surface area (Å²) in [5.41, 5.74) is 2.29. The molecule has 1 heterocycles. The summed E-state index contributed by atoms with van der Waals surface area (Å²) in [5, 5.41) is 11.7. The van der Waals surface area contributed by atoms with E-state index in [1.165, 1.54) is 0 Å². The Morgan fingerprint density at radius 3 is 3.00 bits per heavy atom. The highest BCUT2D eigenvalue weighted by molar-refractivity contribution is 5.81. The number of fused-ring (bicyclic) bond motifs is 1. The Morgan fingerprint density at radius 1 is 1.53 bits per heavy atom. The number of aromatic amines is 1. The van der Waals surface area contributed by atoms with Crippen molar-refractivity contribution in [2.75, 3.05) is 7.05 Å². The first-order valence-electron chi connectivity index (χ1n) is 4.58. The number of rotatable bonds is 2. The number of hydrogen-bond acceptors (Lipinski definition) is 3. The molecule has 1 aromatic heterocycles. The van der Waals surface area contributed by atoms with Crippen LogP contribution in [-0.4, -0.2) is 17.0 Å². The van der Waals surface area contributed by atoms with Gasteiger partial charge in [-0.25, -0.2) is 4.98 Å². The van der Waals surface area contributed by atoms with Crippen LogP contribution in [0.5, 0.6) is 0 Å². The first kappa shape index (κ1) is 9.28. The molecule has 0 saturated heterocycles. The third-order valence-electron chi connectivity index (χ3n) is 2.05. The highest BCUT2D eigenvalue weighted by Crippen LogP contribution is 2.15. The van der Waals surface area contributed by atoms with Crippen molar-refractivity contribution in [2.45, 2.75) is 0 Å². The summed E-state index contributed by atoms with van der Waals surface area (Å²) in [5.74, 6) is 0.591. The third-order valence-corrected chi connectivity index (χ3v) is 2.05. The van der Waals surface area contributed by atoms with Crippen LogP contribution in [-0.2, 0) is 0 Å². The van der Waals surface area contributed by atoms with Crippen LogP contribution in [0.15, 0.2) is 30.5 Å². The zero-order valence-electron chi connectivity index (χ0n) is 8.28. The van der Waals surface area contributed by atoms with Crippen molar-refractivity contribution in [2.24, 2.45) is 0 Å². The second-order valence-corrected chi connectivity index (χ2v) is 3.06. The third kappa shape index (κ3) is 1.67. The molecule has 4 heteroatoms. The van der Waals surface area contributed by atoms with Crippen molar-refractivity contribution in [3.63, 3.8) is 0 Å². The molecule has 0 radical (unpaired) electrons. The number of H-pyrrole nitrogens is 1. The molecule has 0 aliphatic carbocycles. The average molecular weight is 198 g/mol. The number of aromatic nitrogens is 2. The van der Waals surface area contributed by atoms with Gasteiger partial charge in [-0.1, -0.05) is 12.1 Å². The first-order valence-corrected chi connectivity index (χ1v) is 4.58. The van der Waals surface area contributed by atoms with Gasteiger partial charge in [-0.3, -0.25) is 0 Å². The molecule has 15 heavy (non-hydrogen) atoms. The van der Waals surface area contributed by atoms with E-state index in [0.29, 0.717) is 11.4 Å². The van der Waals surface area contributed by atoms with Gasteiger partial charge in [-0.2, -0.15) is 5.26 Å². The summed E-state index contributed by atoms with van der Waals surface area (Å²) in [4.78, 5) is 7.41. The number of hydrogen-bond donors (Lipinski definition) is 2. The molecule has 0 saturated carbocycles. The normalized spacial score (nSPS) is 11.3. The minimum atomic E-state index is 0.494. The number of nitrogens with zero attached hydrogens (tertiary/aromatic N) is 2. The average Bonchev–Trinajstić information content (AvgIpc) is 2.69. The number of nitriles is 1. The molecule has 0 fully saturated rings. The highest BCUT2D eigenvalue weighted by atomic mass is 14.9. The molecule has 0 amide bonds. The Hall–Kier alpha value is -2.28. The second kappa shape index (κ2) is 3.84. The topological polar surface area (TPSA) is 64.5 Å². The number of benzene rings is 1. The Labute approximate surface area is 87.3 Å². The first-order chi connectivity index (χ1) is 7.35. The largest absolute Gasteiger partial charge is 0.393 e. The summed E-state index contributed by atoms with van der Waals surface area (Å²) >= 11 is 0. The lowest BCUT2D eigenvalue weighted by atomic mass is 10.3. The minimum Gasteiger partial charge on any atom is -0.393 e. The van der Waals surface area contributed by atoms with Crippen LogP contribution in [0, 0.1) is 11.3 Å². The van der Waals surface area contributed by atoms with Crippen molar-refractivity contribution < 1.29 is 0 Å². The maximum absolute atomic E-state index is 8.92. The van der Waals surface area contributed by atoms with E-state index in [1.54, 1.807) is 13.2 Å². The summed E-state index contributed by atoms with van der Waals surface area (Å²) < 4.78 is 0. The summed E-state index contributed by atoms with van der Waals surface area (Å²) in [6, 6.07) is 9.77. The van der Waals surface area contributed by atoms with E-state index in [-0.39, 0.29) is 0 Å². The zero-order chi connectivity index (χ0) is 10.7. The summed E-state index contributed by atoms with van der Waals surface area (Å²) in [6.45, 7) is 0. The van der Waals surface area contributed by atoms with Crippen LogP contribution in [0.25, 0.3) is 16.6 Å². The molecule has 0 unspecified atom stereocenters. The molecule has 4 nitrogen and oxygen atoms in total. The van der Waals surface area contributed by atoms with Gasteiger partial charge in [-0.15, -0.1) is 0 Å². The molecule has 2 rings (SSSR count). The monoisotopic (exact) mass is 198 g/mol. The van der Waals surface area contributed by atoms with Crippen LogP contribution < -0.4 is 5.32 Å². The minimum absolute atomic E-state index is 0.494. The summed E-state index contributed by atoms with van der Waals surface area (Å²) in [6.07, 6.45) is 1.62. The van der Waals surface area contributed by atoms with E-state index in [1.807, 2.05) is 24.3 Å². The Morgan fingerprint density at radius 2 is 2.33 bits per heavy atom. The van der Waals surface area contributed by atoms with Gasteiger partial charge in [0.2, 0.25) is 0 Å². The number of allylic oxidation sites excluding steroid dienone is 1. The predicted octanol–water partition coefficient (Wildman–Crippen LogP) is 1.65. The van der Waals surface area contributed by atoms with Gasteiger partial charge >= 0.3 is 0 Å². The lowest BCUT2D eigenvalue weighted by Gasteiger charge is -1.91. The molecule has 2 aromatic rings. The SMILES string of the molecule is CN/C=C(/C#N)c1nc2ccccc2[nH]1. The van der Waals surface area contributed by atoms with Crippen molar-refractivity contribution in [1.82, 2.24) is 15.3 Å². The van der Waals surface area contributed by atoms with Crippen LogP contribution in [0.2, 0.25) is 0 Å². The second-order valence-electron chi connectivity index (χ2n) is 3.06. The molecule has 0 atom stereocenters. The van der Waals surface area contributed by atoms with Gasteiger partial charge in [0.05, 0.1) is 11.0 Å². The van der Waals surface area contributed by atoms with Gasteiger partial charge in [0, 0.05) is 13.2 Å². The number of nitrogens with one attached hydrogen (secondary N) is 2. The Balaban J connectivity index is 2.54. The maximum atomic E-state index is 8.92. The number of imidazole rings is 1. The van der Waals surface area contributed by atoms with Crippen molar-refractivity contribution in [3.8, 4) is 6.07 Å². The van der Waals surface area contributed by atoms with E-state index >= 15 is 0 Å². The van der Waals surface area contributed by atoms with Gasteiger partial charge in [0.25, 0.3) is 0 Å². The van der Waals surface area contributed by atoms with Gasteiger partial charge in [-0.05, 0) is 12.1 Å². The van der Waals surface area contributed by atoms with E-state index in [2.05, 4.69) is 21.4 Å². The fourth-order valence-electron chi connectivity index (χ4n) is 1.38. The van der Waals surface area contributed by atoms with Gasteiger partial charge in [0.15, 0.2) is 5.82 Å². The predicted molar refractivity (Wildman–Crippen MR) is 58.7 cm³/mol. The molecule has 2 N–H and O–H groups in total. The fraction of sp³-hybridized carbons (Fsp3) is 0.0909. The standard InChI is InChI=1S/C11H10N4/c1-13-7-8(6-12)11-14-9-4-2-3-5-10(9)15-11/h2-5,7,13H,1H3,(H,14,15)/b8-7-. The highest BCUT2D eigenvalue weighted by Gasteiger charge is 2.06. The zero-order valence-corrected chi connectivity index (χ0v) is 8.28. The molecular weight excluding hydrogens is 188 g/mol. The van der Waals surface area contributed by atoms with Crippen molar-refractivity contribution in [3.05, 3.63) is 36.3 Å². The molecule has 1 aromatic carbocycles. The maximum Gasteiger partial charge on any atom is 0.150 e. The van der Waals surface area contributed by atoms with Crippen LogP contribution >= 0.6 is 0 Å². The Bertz CT molecular complexity index is 512. The fourth-order valence-corrected chi connectivity index (χ4v) is 1.38. The quantitative estimate of drug-likeness (QED) is 0.721. The van der Waals surface area contributed by atoms with E-state index in [4.69, 9.17) is 5.26 Å². The Kier molecular flexibility index (Phi) is 2.38. The van der Waals surface area contributed by atoms with E-state index in [9.17, 15) is 0 Å². The van der Waals surface area contributed by atoms with E-state index in [0.717, 1.165) is 11.0 Å². The lowest BCUT2D eigenvalue weighted by Crippen LogP contribution is -1.96. The lowest BCUT2D eigenvalue weighted by molar-refractivity contribution is 1.10. The van der Waals surface area contributed by atoms with E-state index < -0.39 is 0 Å². The van der Waals surface area contributed by atoms with Crippen LogP contribution in [0.3, 0.4) is 0 Å². The molecule has 0 spiro atoms. The molecule has 0 aliphatic heterocycles. The van der Waals surface area contributed by atoms with Gasteiger partial charge < -0.3 is 10.3 Å². The van der Waals surface area contributed by atoms with Crippen LogP contribution in [0.1, 0.15) is 5.82 Å². The molecular formula is C11H10N4. The molecule has 0 bridgehead atoms. The van der Waals surface area contributed by atoms with Crippen molar-refractivity contribution in [1.29, 1.82) is 5.26 Å². The summed E-state index contributed by atoms with van der Waals surface area (Å²) in [7, 11) is 1.75. The van der Waals surface area contributed by atoms with Crippen molar-refractivity contribution >= 4 is 16.6 Å². The van der Waals surface area contributed by atoms with Gasteiger partial charge in [0.1, 0.15) is 11.6 Å². The number of para-hydroxylation sites is 2. The molecule has 0 aliphatic rings.